The lowest BCUT2D eigenvalue weighted by molar-refractivity contribution is 0.161. The molecule has 1 aromatic rings. The second-order valence-corrected chi connectivity index (χ2v) is 5.35. The molecule has 0 amide bonds. The van der Waals surface area contributed by atoms with Crippen LogP contribution >= 0.6 is 0 Å². The van der Waals surface area contributed by atoms with Crippen LogP contribution in [0.25, 0.3) is 0 Å². The molecule has 1 atom stereocenters. The fourth-order valence-electron chi connectivity index (χ4n) is 1.84. The molecule has 1 N–H and O–H groups in total. The number of hydrogen-bond donors (Lipinski definition) is 1. The summed E-state index contributed by atoms with van der Waals surface area (Å²) in [4.78, 5) is 4.44. The number of aryl methyl sites for hydroxylation is 1. The molecule has 1 rings (SSSR count). The van der Waals surface area contributed by atoms with Crippen LogP contribution in [0, 0.1) is 5.92 Å². The van der Waals surface area contributed by atoms with Crippen molar-refractivity contribution in [1.82, 2.24) is 15.5 Å². The SMILES string of the molecule is CCCNC(COC)Cc1nc(CCC(C)C)no1. The molecule has 0 aliphatic carbocycles. The molecule has 5 nitrogen and oxygen atoms in total. The third-order valence-corrected chi connectivity index (χ3v) is 2.93. The summed E-state index contributed by atoms with van der Waals surface area (Å²) in [6, 6.07) is 0.239. The van der Waals surface area contributed by atoms with E-state index in [-0.39, 0.29) is 6.04 Å². The Morgan fingerprint density at radius 2 is 2.16 bits per heavy atom. The summed E-state index contributed by atoms with van der Waals surface area (Å²) < 4.78 is 10.5. The highest BCUT2D eigenvalue weighted by molar-refractivity contribution is 4.90. The Morgan fingerprint density at radius 1 is 1.37 bits per heavy atom. The van der Waals surface area contributed by atoms with E-state index >= 15 is 0 Å². The van der Waals surface area contributed by atoms with Gasteiger partial charge in [0.2, 0.25) is 5.89 Å². The van der Waals surface area contributed by atoms with Crippen LogP contribution in [0.3, 0.4) is 0 Å². The average Bonchev–Trinajstić information content (AvgIpc) is 2.81. The van der Waals surface area contributed by atoms with E-state index in [1.165, 1.54) is 0 Å². The molecule has 110 valence electrons. The predicted molar refractivity (Wildman–Crippen MR) is 75.1 cm³/mol. The van der Waals surface area contributed by atoms with Crippen LogP contribution in [-0.2, 0) is 17.6 Å². The number of nitrogens with zero attached hydrogens (tertiary/aromatic N) is 2. The summed E-state index contributed by atoms with van der Waals surface area (Å²) in [5.74, 6) is 2.18. The number of rotatable bonds is 10. The van der Waals surface area contributed by atoms with Crippen LogP contribution in [0.2, 0.25) is 0 Å². The second kappa shape index (κ2) is 9.04. The van der Waals surface area contributed by atoms with Crippen LogP contribution in [0.15, 0.2) is 4.52 Å². The molecule has 19 heavy (non-hydrogen) atoms. The molecular formula is C14H27N3O2. The Balaban J connectivity index is 2.44. The number of hydrogen-bond acceptors (Lipinski definition) is 5. The van der Waals surface area contributed by atoms with E-state index in [1.807, 2.05) is 0 Å². The minimum Gasteiger partial charge on any atom is -0.383 e. The van der Waals surface area contributed by atoms with E-state index in [4.69, 9.17) is 9.26 Å². The Kier molecular flexibility index (Phi) is 7.67. The van der Waals surface area contributed by atoms with E-state index in [1.54, 1.807) is 7.11 Å². The Morgan fingerprint density at radius 3 is 2.79 bits per heavy atom. The van der Waals surface area contributed by atoms with Crippen molar-refractivity contribution >= 4 is 0 Å². The van der Waals surface area contributed by atoms with Gasteiger partial charge in [-0.3, -0.25) is 0 Å². The normalized spacial score (nSPS) is 13.1. The summed E-state index contributed by atoms with van der Waals surface area (Å²) in [7, 11) is 1.71. The molecule has 5 heteroatoms. The maximum atomic E-state index is 5.30. The van der Waals surface area contributed by atoms with Gasteiger partial charge in [0, 0.05) is 26.0 Å². The van der Waals surface area contributed by atoms with Crippen molar-refractivity contribution in [3.63, 3.8) is 0 Å². The van der Waals surface area contributed by atoms with Gasteiger partial charge >= 0.3 is 0 Å². The molecule has 1 heterocycles. The molecule has 0 aromatic carbocycles. The predicted octanol–water partition coefficient (Wildman–Crippen LogP) is 2.22. The third kappa shape index (κ3) is 6.68. The highest BCUT2D eigenvalue weighted by Gasteiger charge is 2.14. The number of ether oxygens (including phenoxy) is 1. The molecular weight excluding hydrogens is 242 g/mol. The molecule has 0 saturated carbocycles. The average molecular weight is 269 g/mol. The van der Waals surface area contributed by atoms with Crippen LogP contribution < -0.4 is 5.32 Å². The zero-order valence-electron chi connectivity index (χ0n) is 12.6. The van der Waals surface area contributed by atoms with Gasteiger partial charge in [-0.2, -0.15) is 4.98 Å². The van der Waals surface area contributed by atoms with Gasteiger partial charge in [0.05, 0.1) is 6.61 Å². The molecule has 0 radical (unpaired) electrons. The Labute approximate surface area is 116 Å². The van der Waals surface area contributed by atoms with Gasteiger partial charge in [0.1, 0.15) is 0 Å². The maximum absolute atomic E-state index is 5.30. The van der Waals surface area contributed by atoms with E-state index in [2.05, 4.69) is 36.2 Å². The smallest absolute Gasteiger partial charge is 0.228 e. The van der Waals surface area contributed by atoms with Gasteiger partial charge in [-0.15, -0.1) is 0 Å². The van der Waals surface area contributed by atoms with Gasteiger partial charge in [-0.25, -0.2) is 0 Å². The van der Waals surface area contributed by atoms with Crippen molar-refractivity contribution in [1.29, 1.82) is 0 Å². The van der Waals surface area contributed by atoms with Gasteiger partial charge in [-0.1, -0.05) is 25.9 Å². The van der Waals surface area contributed by atoms with E-state index in [9.17, 15) is 0 Å². The molecule has 0 spiro atoms. The molecule has 1 unspecified atom stereocenters. The fourth-order valence-corrected chi connectivity index (χ4v) is 1.84. The molecule has 0 bridgehead atoms. The first-order chi connectivity index (χ1) is 9.15. The first-order valence-corrected chi connectivity index (χ1v) is 7.19. The Bertz CT molecular complexity index is 339. The van der Waals surface area contributed by atoms with Crippen molar-refractivity contribution in [2.75, 3.05) is 20.3 Å². The first kappa shape index (κ1) is 16.1. The second-order valence-electron chi connectivity index (χ2n) is 5.35. The van der Waals surface area contributed by atoms with E-state index in [0.717, 1.165) is 38.1 Å². The molecule has 0 aliphatic heterocycles. The summed E-state index contributed by atoms with van der Waals surface area (Å²) in [6.45, 7) is 8.17. The van der Waals surface area contributed by atoms with Crippen LogP contribution in [0.1, 0.15) is 45.3 Å². The monoisotopic (exact) mass is 269 g/mol. The third-order valence-electron chi connectivity index (χ3n) is 2.93. The van der Waals surface area contributed by atoms with Gasteiger partial charge in [0.25, 0.3) is 0 Å². The lowest BCUT2D eigenvalue weighted by atomic mass is 10.1. The summed E-state index contributed by atoms with van der Waals surface area (Å²) in [5, 5.41) is 7.45. The first-order valence-electron chi connectivity index (χ1n) is 7.19. The largest absolute Gasteiger partial charge is 0.383 e. The zero-order chi connectivity index (χ0) is 14.1. The molecule has 0 fully saturated rings. The zero-order valence-corrected chi connectivity index (χ0v) is 12.6. The van der Waals surface area contributed by atoms with Gasteiger partial charge in [0.15, 0.2) is 5.82 Å². The molecule has 0 saturated heterocycles. The van der Waals surface area contributed by atoms with Crippen LogP contribution in [0.4, 0.5) is 0 Å². The van der Waals surface area contributed by atoms with Crippen LogP contribution in [0.5, 0.6) is 0 Å². The van der Waals surface area contributed by atoms with Gasteiger partial charge in [-0.05, 0) is 25.3 Å². The lowest BCUT2D eigenvalue weighted by Crippen LogP contribution is -2.35. The summed E-state index contributed by atoms with van der Waals surface area (Å²) in [6.07, 6.45) is 3.80. The fraction of sp³-hybridized carbons (Fsp3) is 0.857. The van der Waals surface area contributed by atoms with Crippen molar-refractivity contribution in [3.8, 4) is 0 Å². The van der Waals surface area contributed by atoms with Crippen molar-refractivity contribution in [2.24, 2.45) is 5.92 Å². The summed E-state index contributed by atoms with van der Waals surface area (Å²) in [5.41, 5.74) is 0. The molecule has 1 aromatic heterocycles. The quantitative estimate of drug-likeness (QED) is 0.705. The Hall–Kier alpha value is -0.940. The highest BCUT2D eigenvalue weighted by Crippen LogP contribution is 2.08. The maximum Gasteiger partial charge on any atom is 0.228 e. The van der Waals surface area contributed by atoms with E-state index < -0.39 is 0 Å². The van der Waals surface area contributed by atoms with Crippen LogP contribution in [-0.4, -0.2) is 36.4 Å². The topological polar surface area (TPSA) is 60.2 Å². The summed E-state index contributed by atoms with van der Waals surface area (Å²) >= 11 is 0. The molecule has 0 aliphatic rings. The van der Waals surface area contributed by atoms with Crippen molar-refractivity contribution in [3.05, 3.63) is 11.7 Å². The minimum atomic E-state index is 0.239. The van der Waals surface area contributed by atoms with Crippen molar-refractivity contribution < 1.29 is 9.26 Å². The van der Waals surface area contributed by atoms with Gasteiger partial charge < -0.3 is 14.6 Å². The highest BCUT2D eigenvalue weighted by atomic mass is 16.5. The minimum absolute atomic E-state index is 0.239. The standard InChI is InChI=1S/C14H27N3O2/c1-5-8-15-12(10-18-4)9-14-16-13(17-19-14)7-6-11(2)3/h11-12,15H,5-10H2,1-4H3. The lowest BCUT2D eigenvalue weighted by Gasteiger charge is -2.15. The van der Waals surface area contributed by atoms with E-state index in [0.29, 0.717) is 18.4 Å². The van der Waals surface area contributed by atoms with Crippen molar-refractivity contribution in [2.45, 2.75) is 52.5 Å². The number of nitrogens with one attached hydrogen (secondary N) is 1. The number of aromatic nitrogens is 2. The number of methoxy groups -OCH3 is 1.